The number of amides is 1. The van der Waals surface area contributed by atoms with Gasteiger partial charge in [0, 0.05) is 24.7 Å². The fourth-order valence-electron chi connectivity index (χ4n) is 1.21. The predicted molar refractivity (Wildman–Crippen MR) is 65.4 cm³/mol. The maximum Gasteiger partial charge on any atom is 0.252 e. The van der Waals surface area contributed by atoms with Crippen LogP contribution in [-0.2, 0) is 0 Å². The fraction of sp³-hybridized carbons (Fsp3) is 0.300. The number of rotatable bonds is 4. The van der Waals surface area contributed by atoms with Crippen LogP contribution in [0.5, 0.6) is 0 Å². The van der Waals surface area contributed by atoms with Crippen LogP contribution in [0.3, 0.4) is 0 Å². The number of pyridine rings is 1. The van der Waals surface area contributed by atoms with E-state index in [1.165, 1.54) is 18.3 Å². The van der Waals surface area contributed by atoms with Crippen molar-refractivity contribution in [3.05, 3.63) is 34.2 Å². The molecule has 6 heteroatoms. The molecule has 0 aliphatic carbocycles. The van der Waals surface area contributed by atoms with Crippen LogP contribution in [0.4, 0.5) is 0 Å². The van der Waals surface area contributed by atoms with Gasteiger partial charge in [0.05, 0.1) is 10.6 Å². The Balaban J connectivity index is 2.62. The van der Waals surface area contributed by atoms with Crippen molar-refractivity contribution >= 4 is 23.1 Å². The van der Waals surface area contributed by atoms with Crippen LogP contribution in [0, 0.1) is 0 Å². The number of carbonyl (C=O) groups is 1. The summed E-state index contributed by atoms with van der Waals surface area (Å²) in [6, 6.07) is 2.63. The molecule has 0 saturated heterocycles. The van der Waals surface area contributed by atoms with Gasteiger partial charge in [0.25, 0.3) is 5.91 Å². The van der Waals surface area contributed by atoms with Crippen molar-refractivity contribution in [3.63, 3.8) is 0 Å². The van der Waals surface area contributed by atoms with Gasteiger partial charge in [-0.2, -0.15) is 0 Å². The van der Waals surface area contributed by atoms with Crippen LogP contribution in [-0.4, -0.2) is 21.9 Å². The summed E-state index contributed by atoms with van der Waals surface area (Å²) in [7, 11) is 0. The van der Waals surface area contributed by atoms with Crippen molar-refractivity contribution in [2.24, 2.45) is 5.73 Å². The number of aromatic amines is 1. The second-order valence-corrected chi connectivity index (χ2v) is 4.01. The van der Waals surface area contributed by atoms with Gasteiger partial charge in [-0.25, -0.2) is 0 Å². The predicted octanol–water partition coefficient (Wildman–Crippen LogP) is 0.169. The number of hydrogen-bond donors (Lipinski definition) is 3. The molecule has 1 heterocycles. The Morgan fingerprint density at radius 3 is 2.81 bits per heavy atom. The third kappa shape index (κ3) is 3.82. The minimum Gasteiger partial charge on any atom is -0.393 e. The minimum atomic E-state index is -0.264. The van der Waals surface area contributed by atoms with Gasteiger partial charge in [0.15, 0.2) is 0 Å². The smallest absolute Gasteiger partial charge is 0.252 e. The lowest BCUT2D eigenvalue weighted by Crippen LogP contribution is -2.35. The highest BCUT2D eigenvalue weighted by molar-refractivity contribution is 7.80. The standard InChI is InChI=1S/C10H13N3O2S/c1-6(4-8(11)16)13-10(15)7-2-3-9(14)12-5-7/h2-3,5-6H,4H2,1H3,(H2,11,16)(H,12,14)(H,13,15). The lowest BCUT2D eigenvalue weighted by Gasteiger charge is -2.12. The topological polar surface area (TPSA) is 88.0 Å². The SMILES string of the molecule is CC(CC(N)=S)NC(=O)c1ccc(=O)[nH]c1. The van der Waals surface area contributed by atoms with Crippen molar-refractivity contribution in [1.82, 2.24) is 10.3 Å². The molecule has 0 saturated carbocycles. The Labute approximate surface area is 98.0 Å². The molecule has 0 spiro atoms. The molecule has 1 atom stereocenters. The van der Waals surface area contributed by atoms with Crippen molar-refractivity contribution in [1.29, 1.82) is 0 Å². The van der Waals surface area contributed by atoms with E-state index in [0.717, 1.165) is 0 Å². The van der Waals surface area contributed by atoms with Gasteiger partial charge < -0.3 is 16.0 Å². The molecule has 1 unspecified atom stereocenters. The zero-order valence-corrected chi connectivity index (χ0v) is 9.64. The Hall–Kier alpha value is -1.69. The number of hydrogen-bond acceptors (Lipinski definition) is 3. The van der Waals surface area contributed by atoms with E-state index in [9.17, 15) is 9.59 Å². The zero-order valence-electron chi connectivity index (χ0n) is 8.82. The third-order valence-corrected chi connectivity index (χ3v) is 2.10. The van der Waals surface area contributed by atoms with E-state index in [4.69, 9.17) is 18.0 Å². The fourth-order valence-corrected chi connectivity index (χ4v) is 1.46. The van der Waals surface area contributed by atoms with E-state index in [2.05, 4.69) is 10.3 Å². The molecular formula is C10H13N3O2S. The molecule has 0 aliphatic rings. The first-order valence-corrected chi connectivity index (χ1v) is 5.18. The summed E-state index contributed by atoms with van der Waals surface area (Å²) in [5.74, 6) is -0.264. The van der Waals surface area contributed by atoms with E-state index in [1.54, 1.807) is 0 Å². The Bertz CT molecular complexity index is 435. The molecule has 1 aromatic heterocycles. The van der Waals surface area contributed by atoms with Gasteiger partial charge in [-0.3, -0.25) is 9.59 Å². The first-order valence-electron chi connectivity index (χ1n) is 4.77. The van der Waals surface area contributed by atoms with Crippen LogP contribution < -0.4 is 16.6 Å². The van der Waals surface area contributed by atoms with Crippen LogP contribution in [0.1, 0.15) is 23.7 Å². The number of H-pyrrole nitrogens is 1. The van der Waals surface area contributed by atoms with Gasteiger partial charge >= 0.3 is 0 Å². The number of aromatic nitrogens is 1. The third-order valence-electron chi connectivity index (χ3n) is 1.93. The van der Waals surface area contributed by atoms with Crippen molar-refractivity contribution in [2.45, 2.75) is 19.4 Å². The first-order chi connectivity index (χ1) is 7.49. The number of nitrogens with two attached hydrogens (primary N) is 1. The highest BCUT2D eigenvalue weighted by Gasteiger charge is 2.10. The summed E-state index contributed by atoms with van der Waals surface area (Å²) in [6.45, 7) is 1.81. The Morgan fingerprint density at radius 1 is 1.62 bits per heavy atom. The minimum absolute atomic E-state index is 0.128. The summed E-state index contributed by atoms with van der Waals surface area (Å²) in [5.41, 5.74) is 5.52. The summed E-state index contributed by atoms with van der Waals surface area (Å²) >= 11 is 4.74. The molecule has 0 radical (unpaired) electrons. The lowest BCUT2D eigenvalue weighted by atomic mass is 10.2. The summed E-state index contributed by atoms with van der Waals surface area (Å²) in [5, 5.41) is 2.72. The second kappa shape index (κ2) is 5.41. The highest BCUT2D eigenvalue weighted by Crippen LogP contribution is 1.97. The van der Waals surface area contributed by atoms with Crippen molar-refractivity contribution < 1.29 is 4.79 Å². The Morgan fingerprint density at radius 2 is 2.31 bits per heavy atom. The van der Waals surface area contributed by atoms with Crippen LogP contribution >= 0.6 is 12.2 Å². The average molecular weight is 239 g/mol. The van der Waals surface area contributed by atoms with E-state index >= 15 is 0 Å². The zero-order chi connectivity index (χ0) is 12.1. The van der Waals surface area contributed by atoms with Crippen molar-refractivity contribution in [3.8, 4) is 0 Å². The molecule has 86 valence electrons. The molecule has 0 aromatic carbocycles. The molecule has 16 heavy (non-hydrogen) atoms. The Kier molecular flexibility index (Phi) is 4.19. The molecule has 5 nitrogen and oxygen atoms in total. The molecule has 0 bridgehead atoms. The van der Waals surface area contributed by atoms with Crippen LogP contribution in [0.2, 0.25) is 0 Å². The first kappa shape index (κ1) is 12.4. The molecule has 0 fully saturated rings. The van der Waals surface area contributed by atoms with E-state index in [0.29, 0.717) is 17.0 Å². The second-order valence-electron chi connectivity index (χ2n) is 3.49. The van der Waals surface area contributed by atoms with E-state index in [-0.39, 0.29) is 17.5 Å². The quantitative estimate of drug-likeness (QED) is 0.653. The normalized spacial score (nSPS) is 11.8. The molecule has 0 aliphatic heterocycles. The van der Waals surface area contributed by atoms with Gasteiger partial charge in [0.1, 0.15) is 0 Å². The molecule has 1 rings (SSSR count). The maximum atomic E-state index is 11.6. The maximum absolute atomic E-state index is 11.6. The summed E-state index contributed by atoms with van der Waals surface area (Å²) < 4.78 is 0. The van der Waals surface area contributed by atoms with Gasteiger partial charge in [0.2, 0.25) is 5.56 Å². The number of nitrogens with one attached hydrogen (secondary N) is 2. The van der Waals surface area contributed by atoms with E-state index in [1.807, 2.05) is 6.92 Å². The van der Waals surface area contributed by atoms with Gasteiger partial charge in [-0.05, 0) is 13.0 Å². The van der Waals surface area contributed by atoms with E-state index < -0.39 is 0 Å². The summed E-state index contributed by atoms with van der Waals surface area (Å²) in [6.07, 6.45) is 1.82. The number of carbonyl (C=O) groups excluding carboxylic acids is 1. The molecule has 1 amide bonds. The molecule has 4 N–H and O–H groups in total. The van der Waals surface area contributed by atoms with Gasteiger partial charge in [-0.1, -0.05) is 12.2 Å². The number of thiocarbonyl (C=S) groups is 1. The van der Waals surface area contributed by atoms with Crippen LogP contribution in [0.15, 0.2) is 23.1 Å². The molecular weight excluding hydrogens is 226 g/mol. The lowest BCUT2D eigenvalue weighted by molar-refractivity contribution is 0.0941. The monoisotopic (exact) mass is 239 g/mol. The van der Waals surface area contributed by atoms with Crippen LogP contribution in [0.25, 0.3) is 0 Å². The largest absolute Gasteiger partial charge is 0.393 e. The van der Waals surface area contributed by atoms with Gasteiger partial charge in [-0.15, -0.1) is 0 Å². The highest BCUT2D eigenvalue weighted by atomic mass is 32.1. The molecule has 1 aromatic rings. The van der Waals surface area contributed by atoms with Crippen molar-refractivity contribution in [2.75, 3.05) is 0 Å². The average Bonchev–Trinajstić information content (AvgIpc) is 2.16. The summed E-state index contributed by atoms with van der Waals surface area (Å²) in [4.78, 5) is 25.2.